The van der Waals surface area contributed by atoms with Crippen molar-refractivity contribution in [1.29, 1.82) is 0 Å². The summed E-state index contributed by atoms with van der Waals surface area (Å²) in [7, 11) is 3.72. The van der Waals surface area contributed by atoms with Gasteiger partial charge in [0.25, 0.3) is 0 Å². The van der Waals surface area contributed by atoms with E-state index in [1.807, 2.05) is 12.1 Å². The molecule has 110 valence electrons. The van der Waals surface area contributed by atoms with Gasteiger partial charge in [0.2, 0.25) is 0 Å². The number of aliphatic hydroxyl groups is 1. The Balaban J connectivity index is 2.02. The molecule has 1 heterocycles. The second kappa shape index (κ2) is 4.93. The Hall–Kier alpha value is -1.26. The molecule has 0 aromatic heterocycles. The molecule has 3 rings (SSSR count). The van der Waals surface area contributed by atoms with Crippen molar-refractivity contribution in [3.8, 4) is 11.5 Å². The molecule has 1 aliphatic heterocycles. The van der Waals surface area contributed by atoms with Crippen LogP contribution in [-0.4, -0.2) is 48.0 Å². The number of fused-ring (bicyclic) bond motifs is 1. The summed E-state index contributed by atoms with van der Waals surface area (Å²) in [5, 5.41) is 19.8. The van der Waals surface area contributed by atoms with Crippen molar-refractivity contribution < 1.29 is 14.9 Å². The van der Waals surface area contributed by atoms with Crippen molar-refractivity contribution in [2.45, 2.75) is 43.2 Å². The first-order chi connectivity index (χ1) is 9.56. The van der Waals surface area contributed by atoms with Crippen LogP contribution in [0, 0.1) is 0 Å². The first kappa shape index (κ1) is 13.7. The molecule has 0 spiro atoms. The van der Waals surface area contributed by atoms with Crippen molar-refractivity contribution in [1.82, 2.24) is 4.90 Å². The number of likely N-dealkylation sites (tertiary alicyclic amines) is 1. The molecular formula is C16H23NO3. The van der Waals surface area contributed by atoms with Gasteiger partial charge in [-0.1, -0.05) is 6.07 Å². The van der Waals surface area contributed by atoms with Gasteiger partial charge in [-0.05, 0) is 57.0 Å². The number of ether oxygens (including phenoxy) is 1. The van der Waals surface area contributed by atoms with E-state index >= 15 is 0 Å². The van der Waals surface area contributed by atoms with E-state index in [9.17, 15) is 10.2 Å². The zero-order chi connectivity index (χ0) is 14.3. The lowest BCUT2D eigenvalue weighted by atomic mass is 9.65. The summed E-state index contributed by atoms with van der Waals surface area (Å²) < 4.78 is 5.26. The number of methoxy groups -OCH3 is 1. The highest BCUT2D eigenvalue weighted by molar-refractivity contribution is 5.45. The minimum Gasteiger partial charge on any atom is -0.504 e. The molecule has 1 aromatic rings. The van der Waals surface area contributed by atoms with E-state index < -0.39 is 0 Å². The fraction of sp³-hybridized carbons (Fsp3) is 0.625. The number of hydrogen-bond acceptors (Lipinski definition) is 4. The number of rotatable bonds is 2. The number of phenolic OH excluding ortho intramolecular Hbond substituents is 1. The van der Waals surface area contributed by atoms with Crippen LogP contribution in [0.15, 0.2) is 18.2 Å². The van der Waals surface area contributed by atoms with Gasteiger partial charge in [0.05, 0.1) is 13.2 Å². The van der Waals surface area contributed by atoms with Crippen LogP contribution >= 0.6 is 0 Å². The van der Waals surface area contributed by atoms with Gasteiger partial charge >= 0.3 is 0 Å². The van der Waals surface area contributed by atoms with E-state index in [4.69, 9.17) is 4.74 Å². The molecule has 4 heteroatoms. The Labute approximate surface area is 120 Å². The molecular weight excluding hydrogens is 254 g/mol. The summed E-state index contributed by atoms with van der Waals surface area (Å²) in [6, 6.07) is 6.09. The molecule has 0 amide bonds. The highest BCUT2D eigenvalue weighted by Crippen LogP contribution is 2.49. The lowest BCUT2D eigenvalue weighted by Crippen LogP contribution is -2.47. The average molecular weight is 277 g/mol. The predicted octanol–water partition coefficient (Wildman–Crippen LogP) is 1.89. The van der Waals surface area contributed by atoms with Gasteiger partial charge in [0.1, 0.15) is 0 Å². The summed E-state index contributed by atoms with van der Waals surface area (Å²) in [4.78, 5) is 2.36. The third-order valence-corrected chi connectivity index (χ3v) is 5.25. The summed E-state index contributed by atoms with van der Waals surface area (Å²) in [5.74, 6) is 0.725. The van der Waals surface area contributed by atoms with Gasteiger partial charge in [0, 0.05) is 11.5 Å². The predicted molar refractivity (Wildman–Crippen MR) is 77.2 cm³/mol. The summed E-state index contributed by atoms with van der Waals surface area (Å²) in [6.07, 6.45) is 3.60. The van der Waals surface area contributed by atoms with Gasteiger partial charge in [-0.15, -0.1) is 0 Å². The van der Waals surface area contributed by atoms with Crippen molar-refractivity contribution in [3.63, 3.8) is 0 Å². The molecule has 2 N–H and O–H groups in total. The molecule has 1 saturated carbocycles. The maximum Gasteiger partial charge on any atom is 0.160 e. The molecule has 2 aliphatic rings. The van der Waals surface area contributed by atoms with Gasteiger partial charge in [-0.2, -0.15) is 0 Å². The van der Waals surface area contributed by atoms with Gasteiger partial charge in [-0.3, -0.25) is 0 Å². The van der Waals surface area contributed by atoms with E-state index in [1.165, 1.54) is 5.56 Å². The van der Waals surface area contributed by atoms with Crippen LogP contribution in [0.4, 0.5) is 0 Å². The molecule has 1 saturated heterocycles. The smallest absolute Gasteiger partial charge is 0.160 e. The minimum atomic E-state index is -0.187. The summed E-state index contributed by atoms with van der Waals surface area (Å²) >= 11 is 0. The number of aliphatic hydroxyl groups excluding tert-OH is 1. The Bertz CT molecular complexity index is 504. The first-order valence-corrected chi connectivity index (χ1v) is 7.32. The van der Waals surface area contributed by atoms with E-state index in [1.54, 1.807) is 13.2 Å². The van der Waals surface area contributed by atoms with Gasteiger partial charge < -0.3 is 19.8 Å². The number of hydrogen-bond donors (Lipinski definition) is 2. The third-order valence-electron chi connectivity index (χ3n) is 5.25. The zero-order valence-corrected chi connectivity index (χ0v) is 12.2. The van der Waals surface area contributed by atoms with Crippen molar-refractivity contribution in [2.75, 3.05) is 20.7 Å². The second-order valence-corrected chi connectivity index (χ2v) is 6.22. The highest BCUT2D eigenvalue weighted by Gasteiger charge is 2.50. The van der Waals surface area contributed by atoms with E-state index in [2.05, 4.69) is 11.9 Å². The Morgan fingerprint density at radius 2 is 2.15 bits per heavy atom. The molecule has 4 nitrogen and oxygen atoms in total. The van der Waals surface area contributed by atoms with Crippen LogP contribution in [0.5, 0.6) is 11.5 Å². The molecule has 1 aliphatic carbocycles. The van der Waals surface area contributed by atoms with E-state index in [0.29, 0.717) is 11.8 Å². The summed E-state index contributed by atoms with van der Waals surface area (Å²) in [5.41, 5.74) is 1.32. The molecule has 0 radical (unpaired) electrons. The topological polar surface area (TPSA) is 52.9 Å². The monoisotopic (exact) mass is 277 g/mol. The molecule has 3 atom stereocenters. The molecule has 2 fully saturated rings. The van der Waals surface area contributed by atoms with Crippen LogP contribution in [0.1, 0.15) is 31.2 Å². The Kier molecular flexibility index (Phi) is 3.38. The Morgan fingerprint density at radius 1 is 1.35 bits per heavy atom. The molecule has 0 unspecified atom stereocenters. The molecule has 1 aromatic carbocycles. The van der Waals surface area contributed by atoms with Gasteiger partial charge in [0.15, 0.2) is 11.5 Å². The SMILES string of the molecule is COc1cc([C@@]23CC[C@H](O)C[C@@H]2N(C)CC3)ccc1O. The van der Waals surface area contributed by atoms with Crippen LogP contribution < -0.4 is 4.74 Å². The number of likely N-dealkylation sites (N-methyl/N-ethyl adjacent to an activating group) is 1. The van der Waals surface area contributed by atoms with Crippen LogP contribution in [0.25, 0.3) is 0 Å². The van der Waals surface area contributed by atoms with Crippen LogP contribution in [0.2, 0.25) is 0 Å². The van der Waals surface area contributed by atoms with Crippen LogP contribution in [0.3, 0.4) is 0 Å². The first-order valence-electron chi connectivity index (χ1n) is 7.32. The van der Waals surface area contributed by atoms with Crippen molar-refractivity contribution in [3.05, 3.63) is 23.8 Å². The van der Waals surface area contributed by atoms with E-state index in [0.717, 1.165) is 32.2 Å². The number of phenols is 1. The minimum absolute atomic E-state index is 0.0922. The number of nitrogens with zero attached hydrogens (tertiary/aromatic N) is 1. The Morgan fingerprint density at radius 3 is 2.90 bits per heavy atom. The quantitative estimate of drug-likeness (QED) is 0.867. The highest BCUT2D eigenvalue weighted by atomic mass is 16.5. The zero-order valence-electron chi connectivity index (χ0n) is 12.2. The lowest BCUT2D eigenvalue weighted by molar-refractivity contribution is 0.0566. The maximum absolute atomic E-state index is 9.99. The van der Waals surface area contributed by atoms with E-state index in [-0.39, 0.29) is 17.3 Å². The third kappa shape index (κ3) is 1.98. The fourth-order valence-electron chi connectivity index (χ4n) is 4.09. The van der Waals surface area contributed by atoms with Crippen molar-refractivity contribution >= 4 is 0 Å². The average Bonchev–Trinajstić information content (AvgIpc) is 2.78. The van der Waals surface area contributed by atoms with Gasteiger partial charge in [-0.25, -0.2) is 0 Å². The normalized spacial score (nSPS) is 34.0. The number of benzene rings is 1. The number of aromatic hydroxyl groups is 1. The van der Waals surface area contributed by atoms with Crippen LogP contribution in [-0.2, 0) is 5.41 Å². The standard InChI is InChI=1S/C16H23NO3/c1-17-8-7-16(6-5-12(18)10-15(16)17)11-3-4-13(19)14(9-11)20-2/h3-4,9,12,15,18-19H,5-8,10H2,1-2H3/t12-,15-,16-/m0/s1. The molecule has 0 bridgehead atoms. The largest absolute Gasteiger partial charge is 0.504 e. The lowest BCUT2D eigenvalue weighted by Gasteiger charge is -2.43. The summed E-state index contributed by atoms with van der Waals surface area (Å²) in [6.45, 7) is 1.06. The molecule has 20 heavy (non-hydrogen) atoms. The second-order valence-electron chi connectivity index (χ2n) is 6.22. The fourth-order valence-corrected chi connectivity index (χ4v) is 4.09. The van der Waals surface area contributed by atoms with Crippen molar-refractivity contribution in [2.24, 2.45) is 0 Å². The maximum atomic E-state index is 9.99.